The maximum absolute atomic E-state index is 12.2. The van der Waals surface area contributed by atoms with E-state index in [-0.39, 0.29) is 12.5 Å². The number of ether oxygens (including phenoxy) is 1. The third kappa shape index (κ3) is 6.07. The highest BCUT2D eigenvalue weighted by molar-refractivity contribution is 7.99. The zero-order chi connectivity index (χ0) is 18.2. The highest BCUT2D eigenvalue weighted by atomic mass is 32.2. The van der Waals surface area contributed by atoms with Gasteiger partial charge in [-0.3, -0.25) is 4.79 Å². The van der Waals surface area contributed by atoms with E-state index in [0.717, 1.165) is 0 Å². The molecule has 0 heterocycles. The number of anilines is 2. The van der Waals surface area contributed by atoms with Gasteiger partial charge in [0.1, 0.15) is 0 Å². The number of rotatable bonds is 7. The molecule has 0 aliphatic rings. The van der Waals surface area contributed by atoms with Crippen LogP contribution in [-0.4, -0.2) is 31.3 Å². The molecule has 0 aromatic heterocycles. The Morgan fingerprint density at radius 3 is 2.20 bits per heavy atom. The normalized spacial score (nSPS) is 10.4. The average Bonchev–Trinajstić information content (AvgIpc) is 2.61. The van der Waals surface area contributed by atoms with E-state index in [2.05, 4.69) is 15.4 Å². The first-order valence-corrected chi connectivity index (χ1v) is 8.13. The molecule has 0 fully saturated rings. The van der Waals surface area contributed by atoms with Gasteiger partial charge in [0.05, 0.1) is 19.2 Å². The summed E-state index contributed by atoms with van der Waals surface area (Å²) < 4.78 is 29.1. The number of carbonyl (C=O) groups excluding carboxylic acids is 2. The Bertz CT molecular complexity index is 722. The van der Waals surface area contributed by atoms with Crippen LogP contribution in [0.15, 0.2) is 53.4 Å². The number of alkyl halides is 2. The lowest BCUT2D eigenvalue weighted by atomic mass is 10.2. The molecule has 0 bridgehead atoms. The smallest absolute Gasteiger partial charge is 0.337 e. The molecule has 2 N–H and O–H groups in total. The van der Waals surface area contributed by atoms with Crippen molar-refractivity contribution in [3.05, 3.63) is 54.1 Å². The van der Waals surface area contributed by atoms with Crippen molar-refractivity contribution in [3.8, 4) is 0 Å². The first-order valence-electron chi connectivity index (χ1n) is 7.25. The molecule has 25 heavy (non-hydrogen) atoms. The molecule has 0 saturated carbocycles. The van der Waals surface area contributed by atoms with Crippen molar-refractivity contribution < 1.29 is 23.1 Å². The minimum absolute atomic E-state index is 0.0190. The van der Waals surface area contributed by atoms with Gasteiger partial charge in [-0.1, -0.05) is 11.8 Å². The first kappa shape index (κ1) is 18.7. The number of hydrogen-bond acceptors (Lipinski definition) is 5. The van der Waals surface area contributed by atoms with Gasteiger partial charge < -0.3 is 15.4 Å². The molecule has 2 aromatic carbocycles. The van der Waals surface area contributed by atoms with Crippen molar-refractivity contribution in [2.75, 3.05) is 24.3 Å². The Kier molecular flexibility index (Phi) is 6.76. The fourth-order valence-corrected chi connectivity index (χ4v) is 2.45. The van der Waals surface area contributed by atoms with E-state index < -0.39 is 11.7 Å². The molecule has 5 nitrogen and oxygen atoms in total. The lowest BCUT2D eigenvalue weighted by Gasteiger charge is -2.09. The molecule has 0 aliphatic heterocycles. The quantitative estimate of drug-likeness (QED) is 0.576. The zero-order valence-corrected chi connectivity index (χ0v) is 14.1. The maximum atomic E-state index is 12.2. The molecule has 0 radical (unpaired) electrons. The van der Waals surface area contributed by atoms with E-state index in [1.54, 1.807) is 36.4 Å². The van der Waals surface area contributed by atoms with Crippen molar-refractivity contribution in [3.63, 3.8) is 0 Å². The summed E-state index contributed by atoms with van der Waals surface area (Å²) >= 11 is 0.447. The molecule has 2 rings (SSSR count). The minimum Gasteiger partial charge on any atom is -0.465 e. The molecule has 0 saturated heterocycles. The molecular formula is C17H16F2N2O3S. The van der Waals surface area contributed by atoms with Crippen molar-refractivity contribution in [2.45, 2.75) is 10.7 Å². The van der Waals surface area contributed by atoms with Crippen LogP contribution in [0.1, 0.15) is 10.4 Å². The fraction of sp³-hybridized carbons (Fsp3) is 0.176. The van der Waals surface area contributed by atoms with Gasteiger partial charge in [-0.2, -0.15) is 8.78 Å². The number of benzene rings is 2. The van der Waals surface area contributed by atoms with E-state index in [0.29, 0.717) is 33.6 Å². The molecule has 0 aliphatic carbocycles. The molecule has 132 valence electrons. The van der Waals surface area contributed by atoms with Gasteiger partial charge in [0.15, 0.2) is 0 Å². The standard InChI is InChI=1S/C17H16F2N2O3S/c1-24-16(23)11-2-4-12(5-3-11)20-10-15(22)21-13-6-8-14(9-7-13)25-17(18)19/h2-9,17,20H,10H2,1H3,(H,21,22). The number of amides is 1. The van der Waals surface area contributed by atoms with Gasteiger partial charge in [-0.15, -0.1) is 0 Å². The number of esters is 1. The molecule has 2 aromatic rings. The van der Waals surface area contributed by atoms with Gasteiger partial charge in [0, 0.05) is 16.3 Å². The summed E-state index contributed by atoms with van der Waals surface area (Å²) in [5, 5.41) is 5.58. The number of halogens is 2. The Labute approximate surface area is 147 Å². The Morgan fingerprint density at radius 2 is 1.64 bits per heavy atom. The van der Waals surface area contributed by atoms with Crippen LogP contribution in [0.3, 0.4) is 0 Å². The number of nitrogens with one attached hydrogen (secondary N) is 2. The van der Waals surface area contributed by atoms with Crippen molar-refractivity contribution in [2.24, 2.45) is 0 Å². The maximum Gasteiger partial charge on any atom is 0.337 e. The van der Waals surface area contributed by atoms with Gasteiger partial charge in [0.25, 0.3) is 5.76 Å². The zero-order valence-electron chi connectivity index (χ0n) is 13.3. The van der Waals surface area contributed by atoms with E-state index >= 15 is 0 Å². The monoisotopic (exact) mass is 366 g/mol. The number of carbonyl (C=O) groups is 2. The second-order valence-corrected chi connectivity index (χ2v) is 5.94. The van der Waals surface area contributed by atoms with Crippen LogP contribution in [-0.2, 0) is 9.53 Å². The van der Waals surface area contributed by atoms with E-state index in [9.17, 15) is 18.4 Å². The summed E-state index contributed by atoms with van der Waals surface area (Å²) in [4.78, 5) is 23.7. The average molecular weight is 366 g/mol. The fourth-order valence-electron chi connectivity index (χ4n) is 1.95. The van der Waals surface area contributed by atoms with Crippen LogP contribution in [0.5, 0.6) is 0 Å². The minimum atomic E-state index is -2.48. The second kappa shape index (κ2) is 9.03. The van der Waals surface area contributed by atoms with E-state index in [4.69, 9.17) is 0 Å². The topological polar surface area (TPSA) is 67.4 Å². The highest BCUT2D eigenvalue weighted by Gasteiger charge is 2.07. The Morgan fingerprint density at radius 1 is 1.04 bits per heavy atom. The molecule has 0 unspecified atom stereocenters. The van der Waals surface area contributed by atoms with Gasteiger partial charge in [-0.25, -0.2) is 4.79 Å². The molecular weight excluding hydrogens is 350 g/mol. The summed E-state index contributed by atoms with van der Waals surface area (Å²) in [6.07, 6.45) is 0. The summed E-state index contributed by atoms with van der Waals surface area (Å²) in [6, 6.07) is 12.7. The first-order chi connectivity index (χ1) is 12.0. The van der Waals surface area contributed by atoms with Crippen molar-refractivity contribution >= 4 is 35.0 Å². The van der Waals surface area contributed by atoms with Crippen LogP contribution in [0, 0.1) is 0 Å². The lowest BCUT2D eigenvalue weighted by Crippen LogP contribution is -2.21. The summed E-state index contributed by atoms with van der Waals surface area (Å²) in [5.74, 6) is -3.20. The van der Waals surface area contributed by atoms with Crippen molar-refractivity contribution in [1.29, 1.82) is 0 Å². The summed E-state index contributed by atoms with van der Waals surface area (Å²) in [5.41, 5.74) is 1.61. The number of hydrogen-bond donors (Lipinski definition) is 2. The van der Waals surface area contributed by atoms with Gasteiger partial charge >= 0.3 is 5.97 Å². The predicted octanol–water partition coefficient (Wildman–Crippen LogP) is 3.84. The van der Waals surface area contributed by atoms with E-state index in [1.807, 2.05) is 0 Å². The highest BCUT2D eigenvalue weighted by Crippen LogP contribution is 2.26. The molecule has 1 amide bonds. The van der Waals surface area contributed by atoms with Crippen LogP contribution < -0.4 is 10.6 Å². The summed E-state index contributed by atoms with van der Waals surface area (Å²) in [6.45, 7) is 0.0190. The largest absolute Gasteiger partial charge is 0.465 e. The Hall–Kier alpha value is -2.61. The Balaban J connectivity index is 1.83. The second-order valence-electron chi connectivity index (χ2n) is 4.87. The predicted molar refractivity (Wildman–Crippen MR) is 93.2 cm³/mol. The lowest BCUT2D eigenvalue weighted by molar-refractivity contribution is -0.114. The molecule has 8 heteroatoms. The van der Waals surface area contributed by atoms with Crippen LogP contribution in [0.25, 0.3) is 0 Å². The third-order valence-corrected chi connectivity index (χ3v) is 3.84. The number of thioether (sulfide) groups is 1. The third-order valence-electron chi connectivity index (χ3n) is 3.12. The van der Waals surface area contributed by atoms with Crippen LogP contribution in [0.2, 0.25) is 0 Å². The summed E-state index contributed by atoms with van der Waals surface area (Å²) in [7, 11) is 1.30. The molecule has 0 atom stereocenters. The van der Waals surface area contributed by atoms with Crippen molar-refractivity contribution in [1.82, 2.24) is 0 Å². The van der Waals surface area contributed by atoms with E-state index in [1.165, 1.54) is 19.2 Å². The van der Waals surface area contributed by atoms with Gasteiger partial charge in [-0.05, 0) is 48.5 Å². The van der Waals surface area contributed by atoms with Crippen LogP contribution >= 0.6 is 11.8 Å². The number of methoxy groups -OCH3 is 1. The SMILES string of the molecule is COC(=O)c1ccc(NCC(=O)Nc2ccc(SC(F)F)cc2)cc1. The van der Waals surface area contributed by atoms with Crippen LogP contribution in [0.4, 0.5) is 20.2 Å². The molecule has 0 spiro atoms. The van der Waals surface area contributed by atoms with Gasteiger partial charge in [0.2, 0.25) is 5.91 Å².